The lowest BCUT2D eigenvalue weighted by Crippen LogP contribution is -2.34. The van der Waals surface area contributed by atoms with Crippen LogP contribution in [0.5, 0.6) is 0 Å². The molecule has 0 saturated carbocycles. The van der Waals surface area contributed by atoms with Crippen LogP contribution in [0.15, 0.2) is 89.3 Å². The Morgan fingerprint density at radius 3 is 2.00 bits per heavy atom. The lowest BCUT2D eigenvalue weighted by molar-refractivity contribution is -0.121. The maximum Gasteiger partial charge on any atom is 0.286 e. The second-order valence-corrected chi connectivity index (χ2v) is 13.2. The van der Waals surface area contributed by atoms with E-state index in [0.717, 1.165) is 16.9 Å². The van der Waals surface area contributed by atoms with E-state index >= 15 is 0 Å². The predicted octanol–water partition coefficient (Wildman–Crippen LogP) is 7.94. The summed E-state index contributed by atoms with van der Waals surface area (Å²) in [5, 5.41) is 6.07. The predicted molar refractivity (Wildman–Crippen MR) is 172 cm³/mol. The number of furan rings is 1. The fourth-order valence-corrected chi connectivity index (χ4v) is 6.16. The van der Waals surface area contributed by atoms with Crippen molar-refractivity contribution >= 4 is 11.8 Å². The number of carbonyl (C=O) groups excluding carboxylic acids is 2. The van der Waals surface area contributed by atoms with E-state index in [1.807, 2.05) is 66.7 Å². The summed E-state index contributed by atoms with van der Waals surface area (Å²) in [6.45, 7) is 11.9. The molecule has 224 valence electrons. The molecule has 0 saturated heterocycles. The summed E-state index contributed by atoms with van der Waals surface area (Å²) >= 11 is 0. The molecule has 1 aliphatic rings. The van der Waals surface area contributed by atoms with Gasteiger partial charge in [0.1, 0.15) is 5.76 Å². The maximum atomic E-state index is 12.8. The van der Waals surface area contributed by atoms with Crippen molar-refractivity contribution in [3.63, 3.8) is 0 Å². The largest absolute Gasteiger partial charge is 0.456 e. The van der Waals surface area contributed by atoms with Gasteiger partial charge in [-0.2, -0.15) is 0 Å². The topological polar surface area (TPSA) is 71.3 Å². The van der Waals surface area contributed by atoms with E-state index in [4.69, 9.17) is 4.42 Å². The Bertz CT molecular complexity index is 1530. The Labute approximate surface area is 256 Å². The first-order valence-electron chi connectivity index (χ1n) is 15.4. The average Bonchev–Trinajstić information content (AvgIpc) is 3.47. The summed E-state index contributed by atoms with van der Waals surface area (Å²) in [4.78, 5) is 25.7. The van der Waals surface area contributed by atoms with Gasteiger partial charge in [0.25, 0.3) is 5.91 Å². The van der Waals surface area contributed by atoms with Crippen LogP contribution in [0.25, 0.3) is 0 Å². The third kappa shape index (κ3) is 7.10. The first-order valence-corrected chi connectivity index (χ1v) is 15.4. The van der Waals surface area contributed by atoms with Gasteiger partial charge < -0.3 is 15.1 Å². The van der Waals surface area contributed by atoms with Crippen LogP contribution >= 0.6 is 0 Å². The molecule has 4 aromatic rings. The summed E-state index contributed by atoms with van der Waals surface area (Å²) in [6, 6.07) is 28.0. The third-order valence-electron chi connectivity index (χ3n) is 9.00. The van der Waals surface area contributed by atoms with Gasteiger partial charge in [-0.05, 0) is 82.5 Å². The number of carbonyl (C=O) groups is 2. The molecule has 5 rings (SSSR count). The van der Waals surface area contributed by atoms with Crippen molar-refractivity contribution in [1.82, 2.24) is 10.6 Å². The van der Waals surface area contributed by atoms with Crippen LogP contribution in [0.1, 0.15) is 109 Å². The molecule has 0 radical (unpaired) electrons. The van der Waals surface area contributed by atoms with Gasteiger partial charge in [0.05, 0.1) is 6.04 Å². The average molecular weight is 577 g/mol. The van der Waals surface area contributed by atoms with E-state index in [-0.39, 0.29) is 28.7 Å². The highest BCUT2D eigenvalue weighted by atomic mass is 16.3. The highest BCUT2D eigenvalue weighted by molar-refractivity contribution is 5.91. The molecule has 0 fully saturated rings. The third-order valence-corrected chi connectivity index (χ3v) is 9.00. The van der Waals surface area contributed by atoms with Gasteiger partial charge >= 0.3 is 0 Å². The minimum Gasteiger partial charge on any atom is -0.456 e. The van der Waals surface area contributed by atoms with E-state index < -0.39 is 0 Å². The van der Waals surface area contributed by atoms with Crippen LogP contribution in [-0.2, 0) is 22.0 Å². The summed E-state index contributed by atoms with van der Waals surface area (Å²) in [7, 11) is 0. The molecule has 0 atom stereocenters. The molecule has 0 spiro atoms. The van der Waals surface area contributed by atoms with Crippen molar-refractivity contribution < 1.29 is 14.0 Å². The molecule has 3 aromatic carbocycles. The molecular weight excluding hydrogens is 532 g/mol. The van der Waals surface area contributed by atoms with Gasteiger partial charge in [-0.3, -0.25) is 9.59 Å². The molecule has 2 N–H and O–H groups in total. The van der Waals surface area contributed by atoms with E-state index in [1.54, 1.807) is 6.07 Å². The number of hydrogen-bond acceptors (Lipinski definition) is 3. The molecule has 1 aromatic heterocycles. The quantitative estimate of drug-likeness (QED) is 0.188. The van der Waals surface area contributed by atoms with Crippen LogP contribution in [0.3, 0.4) is 0 Å². The SMILES string of the molecule is Cc1cc2c(cc1Cc1ccc(C(=O)NCCCC(=O)NC(c3ccccc3)c3ccccc3)o1)C(C)(C)CCC2(C)C. The molecule has 0 unspecified atom stereocenters. The van der Waals surface area contributed by atoms with Gasteiger partial charge in [0.15, 0.2) is 5.76 Å². The molecule has 0 aliphatic heterocycles. The number of fused-ring (bicyclic) bond motifs is 1. The monoisotopic (exact) mass is 576 g/mol. The van der Waals surface area contributed by atoms with Gasteiger partial charge in [-0.1, -0.05) is 100 Å². The van der Waals surface area contributed by atoms with E-state index in [1.165, 1.54) is 35.1 Å². The summed E-state index contributed by atoms with van der Waals surface area (Å²) in [5.41, 5.74) is 7.75. The number of hydrogen-bond donors (Lipinski definition) is 2. The Morgan fingerprint density at radius 2 is 1.40 bits per heavy atom. The smallest absolute Gasteiger partial charge is 0.286 e. The Balaban J connectivity index is 1.15. The Hall–Kier alpha value is -4.12. The minimum absolute atomic E-state index is 0.0563. The van der Waals surface area contributed by atoms with Gasteiger partial charge in [0.2, 0.25) is 5.91 Å². The lowest BCUT2D eigenvalue weighted by atomic mass is 9.62. The zero-order valence-electron chi connectivity index (χ0n) is 26.1. The standard InChI is InChI=1S/C38H44N2O3/c1-26-23-31-32(38(4,5)21-20-37(31,2)3)25-29(26)24-30-18-19-33(43-30)36(42)39-22-12-17-34(41)40-35(27-13-8-6-9-14-27)28-15-10-7-11-16-28/h6-11,13-16,18-19,23,25,35H,12,17,20-22,24H2,1-5H3,(H,39,42)(H,40,41). The number of benzene rings is 3. The van der Waals surface area contributed by atoms with Crippen molar-refractivity contribution in [2.45, 2.75) is 83.6 Å². The molecule has 5 nitrogen and oxygen atoms in total. The number of nitrogens with one attached hydrogen (secondary N) is 2. The highest BCUT2D eigenvalue weighted by Gasteiger charge is 2.37. The fraction of sp³-hybridized carbons (Fsp3) is 0.368. The normalized spacial score (nSPS) is 15.1. The van der Waals surface area contributed by atoms with Crippen molar-refractivity contribution in [3.8, 4) is 0 Å². The molecule has 1 heterocycles. The van der Waals surface area contributed by atoms with Crippen molar-refractivity contribution in [3.05, 3.63) is 130 Å². The Morgan fingerprint density at radius 1 is 0.814 bits per heavy atom. The first-order chi connectivity index (χ1) is 20.5. The van der Waals surface area contributed by atoms with Crippen LogP contribution < -0.4 is 10.6 Å². The second kappa shape index (κ2) is 12.6. The van der Waals surface area contributed by atoms with E-state index in [0.29, 0.717) is 31.6 Å². The number of aryl methyl sites for hydroxylation is 1. The summed E-state index contributed by atoms with van der Waals surface area (Å²) < 4.78 is 5.98. The van der Waals surface area contributed by atoms with Crippen LogP contribution in [-0.4, -0.2) is 18.4 Å². The van der Waals surface area contributed by atoms with Gasteiger partial charge in [0, 0.05) is 19.4 Å². The molecule has 43 heavy (non-hydrogen) atoms. The van der Waals surface area contributed by atoms with E-state index in [2.05, 4.69) is 57.4 Å². The highest BCUT2D eigenvalue weighted by Crippen LogP contribution is 2.46. The molecule has 5 heteroatoms. The first kappa shape index (κ1) is 30.3. The van der Waals surface area contributed by atoms with Crippen LogP contribution in [0.4, 0.5) is 0 Å². The zero-order valence-corrected chi connectivity index (χ0v) is 26.1. The summed E-state index contributed by atoms with van der Waals surface area (Å²) in [5.74, 6) is 0.750. The van der Waals surface area contributed by atoms with Crippen molar-refractivity contribution in [2.24, 2.45) is 0 Å². The molecule has 2 amide bonds. The Kier molecular flexibility index (Phi) is 8.91. The second-order valence-electron chi connectivity index (χ2n) is 13.2. The van der Waals surface area contributed by atoms with Crippen molar-refractivity contribution in [1.29, 1.82) is 0 Å². The maximum absolute atomic E-state index is 12.8. The van der Waals surface area contributed by atoms with Gasteiger partial charge in [-0.25, -0.2) is 0 Å². The molecule has 0 bridgehead atoms. The van der Waals surface area contributed by atoms with Gasteiger partial charge in [-0.15, -0.1) is 0 Å². The number of amides is 2. The molecular formula is C38H44N2O3. The minimum atomic E-state index is -0.261. The number of rotatable bonds is 10. The van der Waals surface area contributed by atoms with Crippen LogP contribution in [0.2, 0.25) is 0 Å². The fourth-order valence-electron chi connectivity index (χ4n) is 6.16. The van der Waals surface area contributed by atoms with E-state index in [9.17, 15) is 9.59 Å². The van der Waals surface area contributed by atoms with Crippen LogP contribution in [0, 0.1) is 6.92 Å². The summed E-state index contributed by atoms with van der Waals surface area (Å²) in [6.07, 6.45) is 3.84. The molecule has 1 aliphatic carbocycles. The van der Waals surface area contributed by atoms with Crippen molar-refractivity contribution in [2.75, 3.05) is 6.54 Å². The zero-order chi connectivity index (χ0) is 30.6. The lowest BCUT2D eigenvalue weighted by Gasteiger charge is -2.42.